The zero-order valence-corrected chi connectivity index (χ0v) is 16.3. The number of pyridine rings is 1. The second-order valence-electron chi connectivity index (χ2n) is 6.78. The largest absolute Gasteiger partial charge is 0.478 e. The van der Waals surface area contributed by atoms with Gasteiger partial charge in [0.15, 0.2) is 0 Å². The number of anilines is 1. The predicted molar refractivity (Wildman–Crippen MR) is 114 cm³/mol. The second-order valence-corrected chi connectivity index (χ2v) is 7.22. The molecule has 5 nitrogen and oxygen atoms in total. The number of hydrogen-bond donors (Lipinski definition) is 1. The molecule has 1 N–H and O–H groups in total. The molecule has 1 aliphatic heterocycles. The standard InChI is InChI=1S/C23H17ClN2O3/c1-14(27)26-13-18-10-16(21-12-25-9-8-20(21)23(28)29)4-2-15(18)3-5-17-11-19(24)6-7-22(17)26/h2-12H,13H2,1H3,(H,28,29)/b5-3-. The molecular formula is C23H17ClN2O3. The molecule has 0 radical (unpaired) electrons. The van der Waals surface area contributed by atoms with Crippen LogP contribution in [0, 0.1) is 0 Å². The molecule has 0 saturated carbocycles. The molecular weight excluding hydrogens is 388 g/mol. The Balaban J connectivity index is 1.86. The van der Waals surface area contributed by atoms with Crippen LogP contribution >= 0.6 is 11.6 Å². The number of fused-ring (bicyclic) bond motifs is 2. The van der Waals surface area contributed by atoms with Crippen molar-refractivity contribution in [3.05, 3.63) is 82.1 Å². The highest BCUT2D eigenvalue weighted by atomic mass is 35.5. The monoisotopic (exact) mass is 404 g/mol. The highest BCUT2D eigenvalue weighted by Gasteiger charge is 2.20. The molecule has 6 heteroatoms. The Kier molecular flexibility index (Phi) is 4.91. The highest BCUT2D eigenvalue weighted by molar-refractivity contribution is 6.30. The number of halogens is 1. The van der Waals surface area contributed by atoms with Crippen LogP contribution in [0.4, 0.5) is 5.69 Å². The average molecular weight is 405 g/mol. The summed E-state index contributed by atoms with van der Waals surface area (Å²) in [6, 6.07) is 12.6. The van der Waals surface area contributed by atoms with Gasteiger partial charge in [0.05, 0.1) is 17.8 Å². The van der Waals surface area contributed by atoms with Crippen LogP contribution < -0.4 is 4.90 Å². The number of nitrogens with zero attached hydrogens (tertiary/aromatic N) is 2. The third kappa shape index (κ3) is 3.65. The van der Waals surface area contributed by atoms with Gasteiger partial charge in [0.2, 0.25) is 5.91 Å². The van der Waals surface area contributed by atoms with E-state index in [4.69, 9.17) is 11.6 Å². The Labute approximate surface area is 172 Å². The maximum absolute atomic E-state index is 12.4. The van der Waals surface area contributed by atoms with E-state index >= 15 is 0 Å². The molecule has 2 aromatic carbocycles. The summed E-state index contributed by atoms with van der Waals surface area (Å²) in [6.07, 6.45) is 6.92. The van der Waals surface area contributed by atoms with Crippen molar-refractivity contribution >= 4 is 41.3 Å². The van der Waals surface area contributed by atoms with Gasteiger partial charge in [-0.15, -0.1) is 0 Å². The molecule has 144 valence electrons. The fourth-order valence-corrected chi connectivity index (χ4v) is 3.69. The molecule has 0 saturated heterocycles. The van der Waals surface area contributed by atoms with Crippen LogP contribution in [0.1, 0.15) is 34.0 Å². The van der Waals surface area contributed by atoms with Crippen LogP contribution in [0.3, 0.4) is 0 Å². The average Bonchev–Trinajstić information content (AvgIpc) is 2.69. The molecule has 4 rings (SSSR count). The number of aromatic nitrogens is 1. The smallest absolute Gasteiger partial charge is 0.336 e. The van der Waals surface area contributed by atoms with E-state index in [1.165, 1.54) is 19.2 Å². The molecule has 0 unspecified atom stereocenters. The Bertz CT molecular complexity index is 1170. The molecule has 0 bridgehead atoms. The van der Waals surface area contributed by atoms with Crippen LogP contribution in [0.2, 0.25) is 5.02 Å². The van der Waals surface area contributed by atoms with Gasteiger partial charge in [-0.3, -0.25) is 9.78 Å². The van der Waals surface area contributed by atoms with Crippen molar-refractivity contribution in [1.82, 2.24) is 4.98 Å². The summed E-state index contributed by atoms with van der Waals surface area (Å²) in [5, 5.41) is 10.1. The Hall–Kier alpha value is -3.44. The molecule has 29 heavy (non-hydrogen) atoms. The Morgan fingerprint density at radius 2 is 1.86 bits per heavy atom. The topological polar surface area (TPSA) is 70.5 Å². The lowest BCUT2D eigenvalue weighted by molar-refractivity contribution is -0.116. The molecule has 0 fully saturated rings. The van der Waals surface area contributed by atoms with Crippen molar-refractivity contribution in [2.45, 2.75) is 13.5 Å². The van der Waals surface area contributed by atoms with Crippen molar-refractivity contribution in [2.75, 3.05) is 4.90 Å². The van der Waals surface area contributed by atoms with E-state index in [-0.39, 0.29) is 11.5 Å². The van der Waals surface area contributed by atoms with Crippen LogP contribution in [0.25, 0.3) is 23.3 Å². The van der Waals surface area contributed by atoms with Gasteiger partial charge in [0.25, 0.3) is 0 Å². The van der Waals surface area contributed by atoms with E-state index in [1.54, 1.807) is 17.2 Å². The van der Waals surface area contributed by atoms with Gasteiger partial charge < -0.3 is 10.0 Å². The molecule has 1 aliphatic rings. The van der Waals surface area contributed by atoms with Gasteiger partial charge in [-0.1, -0.05) is 35.9 Å². The zero-order chi connectivity index (χ0) is 20.5. The van der Waals surface area contributed by atoms with E-state index < -0.39 is 5.97 Å². The number of aromatic carboxylic acids is 1. The van der Waals surface area contributed by atoms with Crippen LogP contribution in [-0.2, 0) is 11.3 Å². The Morgan fingerprint density at radius 3 is 2.62 bits per heavy atom. The van der Waals surface area contributed by atoms with Gasteiger partial charge in [-0.05, 0) is 52.6 Å². The summed E-state index contributed by atoms with van der Waals surface area (Å²) >= 11 is 6.14. The molecule has 0 spiro atoms. The summed E-state index contributed by atoms with van der Waals surface area (Å²) in [6.45, 7) is 1.89. The summed E-state index contributed by atoms with van der Waals surface area (Å²) in [5.74, 6) is -1.10. The number of rotatable bonds is 2. The number of amides is 1. The number of carbonyl (C=O) groups excluding carboxylic acids is 1. The van der Waals surface area contributed by atoms with Gasteiger partial charge >= 0.3 is 5.97 Å². The van der Waals surface area contributed by atoms with Crippen LogP contribution in [0.15, 0.2) is 54.9 Å². The van der Waals surface area contributed by atoms with Crippen molar-refractivity contribution in [3.8, 4) is 11.1 Å². The minimum absolute atomic E-state index is 0.0900. The predicted octanol–water partition coefficient (Wildman–Crippen LogP) is 5.14. The van der Waals surface area contributed by atoms with E-state index in [9.17, 15) is 14.7 Å². The number of hydrogen-bond acceptors (Lipinski definition) is 3. The van der Waals surface area contributed by atoms with E-state index in [2.05, 4.69) is 4.98 Å². The number of benzene rings is 2. The number of carbonyl (C=O) groups is 2. The molecule has 0 aliphatic carbocycles. The SMILES string of the molecule is CC(=O)N1Cc2cc(-c3cnccc3C(=O)O)ccc2/C=C\c2cc(Cl)ccc21. The first kappa shape index (κ1) is 18.9. The van der Waals surface area contributed by atoms with Gasteiger partial charge in [0, 0.05) is 29.9 Å². The Morgan fingerprint density at radius 1 is 1.07 bits per heavy atom. The molecule has 1 amide bonds. The summed E-state index contributed by atoms with van der Waals surface area (Å²) < 4.78 is 0. The first-order valence-electron chi connectivity index (χ1n) is 9.00. The van der Waals surface area contributed by atoms with E-state index in [0.29, 0.717) is 17.1 Å². The fourth-order valence-electron chi connectivity index (χ4n) is 3.50. The van der Waals surface area contributed by atoms with E-state index in [1.807, 2.05) is 42.5 Å². The first-order valence-corrected chi connectivity index (χ1v) is 9.38. The normalized spacial score (nSPS) is 13.7. The molecule has 1 aromatic heterocycles. The van der Waals surface area contributed by atoms with Crippen molar-refractivity contribution in [1.29, 1.82) is 0 Å². The maximum atomic E-state index is 12.4. The quantitative estimate of drug-likeness (QED) is 0.642. The van der Waals surface area contributed by atoms with Crippen LogP contribution in [-0.4, -0.2) is 22.0 Å². The van der Waals surface area contributed by atoms with Crippen molar-refractivity contribution in [2.24, 2.45) is 0 Å². The maximum Gasteiger partial charge on any atom is 0.336 e. The fraction of sp³-hybridized carbons (Fsp3) is 0.0870. The van der Waals surface area contributed by atoms with Crippen molar-refractivity contribution < 1.29 is 14.7 Å². The molecule has 3 aromatic rings. The minimum atomic E-state index is -1.01. The lowest BCUT2D eigenvalue weighted by Crippen LogP contribution is -2.29. The summed E-state index contributed by atoms with van der Waals surface area (Å²) in [5.41, 5.74) is 4.97. The van der Waals surface area contributed by atoms with Crippen molar-refractivity contribution in [3.63, 3.8) is 0 Å². The van der Waals surface area contributed by atoms with Gasteiger partial charge in [-0.2, -0.15) is 0 Å². The lowest BCUT2D eigenvalue weighted by Gasteiger charge is -2.26. The third-order valence-electron chi connectivity index (χ3n) is 4.94. The second kappa shape index (κ2) is 7.53. The number of carboxylic acid groups (broad SMARTS) is 1. The first-order chi connectivity index (χ1) is 13.9. The summed E-state index contributed by atoms with van der Waals surface area (Å²) in [4.78, 5) is 29.8. The molecule has 2 heterocycles. The summed E-state index contributed by atoms with van der Waals surface area (Å²) in [7, 11) is 0. The van der Waals surface area contributed by atoms with Gasteiger partial charge in [0.1, 0.15) is 0 Å². The van der Waals surface area contributed by atoms with Crippen LogP contribution in [0.5, 0.6) is 0 Å². The third-order valence-corrected chi connectivity index (χ3v) is 5.17. The van der Waals surface area contributed by atoms with E-state index in [0.717, 1.165) is 27.9 Å². The number of carboxylic acids is 1. The lowest BCUT2D eigenvalue weighted by atomic mass is 9.95. The molecule has 0 atom stereocenters. The minimum Gasteiger partial charge on any atom is -0.478 e. The zero-order valence-electron chi connectivity index (χ0n) is 15.6. The van der Waals surface area contributed by atoms with Gasteiger partial charge in [-0.25, -0.2) is 4.79 Å². The highest BCUT2D eigenvalue weighted by Crippen LogP contribution is 2.33.